The molecule has 0 radical (unpaired) electrons. The van der Waals surface area contributed by atoms with E-state index in [9.17, 15) is 4.79 Å². The van der Waals surface area contributed by atoms with Crippen LogP contribution in [-0.4, -0.2) is 16.3 Å². The van der Waals surface area contributed by atoms with Gasteiger partial charge in [0.1, 0.15) is 0 Å². The molecule has 0 saturated carbocycles. The molecule has 1 aromatic rings. The van der Waals surface area contributed by atoms with Crippen LogP contribution in [0.25, 0.3) is 0 Å². The summed E-state index contributed by atoms with van der Waals surface area (Å²) in [5, 5.41) is 8.65. The molecule has 1 heterocycles. The first kappa shape index (κ1) is 7.28. The lowest BCUT2D eigenvalue weighted by Gasteiger charge is -1.97. The second kappa shape index (κ2) is 2.84. The third-order valence-corrected chi connectivity index (χ3v) is 0.877. The summed E-state index contributed by atoms with van der Waals surface area (Å²) in [4.78, 5) is 10.5. The summed E-state index contributed by atoms with van der Waals surface area (Å²) in [6, 6.07) is -0.646. The number of anilines is 2. The fraction of sp³-hybridized carbons (Fsp3) is 0. The summed E-state index contributed by atoms with van der Waals surface area (Å²) in [6.45, 7) is 0. The van der Waals surface area contributed by atoms with Gasteiger partial charge in [0.2, 0.25) is 11.6 Å². The summed E-state index contributed by atoms with van der Waals surface area (Å²) in [5.41, 5.74) is 7.01. The fourth-order valence-corrected chi connectivity index (χ4v) is 0.426. The van der Waals surface area contributed by atoms with E-state index in [0.717, 1.165) is 0 Å². The molecule has 0 bridgehead atoms. The van der Waals surface area contributed by atoms with Gasteiger partial charge in [0, 0.05) is 0 Å². The number of carbonyl (C=O) groups is 1. The van der Waals surface area contributed by atoms with Crippen LogP contribution >= 0.6 is 0 Å². The molecule has 0 aliphatic heterocycles. The van der Waals surface area contributed by atoms with Crippen LogP contribution in [0.2, 0.25) is 0 Å². The highest BCUT2D eigenvalue weighted by molar-refractivity contribution is 5.89. The van der Waals surface area contributed by atoms with Gasteiger partial charge in [-0.1, -0.05) is 0 Å². The van der Waals surface area contributed by atoms with E-state index < -0.39 is 6.03 Å². The molecule has 0 saturated heterocycles. The zero-order valence-electron chi connectivity index (χ0n) is 5.37. The number of hydrogen-bond acceptors (Lipinski definition) is 6. The fourth-order valence-electron chi connectivity index (χ4n) is 0.426. The van der Waals surface area contributed by atoms with E-state index >= 15 is 0 Å². The van der Waals surface area contributed by atoms with E-state index in [4.69, 9.17) is 11.6 Å². The zero-order valence-corrected chi connectivity index (χ0v) is 5.37. The largest absolute Gasteiger partial charge is 0.378 e. The van der Waals surface area contributed by atoms with Crippen LogP contribution in [0.4, 0.5) is 16.4 Å². The van der Waals surface area contributed by atoms with Crippen LogP contribution in [0, 0.1) is 0 Å². The SMILES string of the molecule is NNC(=O)Nc1nonc1N. The molecule has 1 rings (SSSR count). The number of rotatable bonds is 1. The molecule has 2 amide bonds. The van der Waals surface area contributed by atoms with Crippen LogP contribution in [0.3, 0.4) is 0 Å². The molecule has 0 aromatic carbocycles. The number of carbonyl (C=O) groups excluding carboxylic acids is 1. The van der Waals surface area contributed by atoms with Gasteiger partial charge in [0.05, 0.1) is 0 Å². The Morgan fingerprint density at radius 2 is 2.27 bits per heavy atom. The first-order valence-corrected chi connectivity index (χ1v) is 2.59. The molecule has 8 heteroatoms. The van der Waals surface area contributed by atoms with Crippen molar-refractivity contribution >= 4 is 17.7 Å². The Balaban J connectivity index is 2.64. The van der Waals surface area contributed by atoms with E-state index in [1.165, 1.54) is 0 Å². The highest BCUT2D eigenvalue weighted by atomic mass is 16.6. The van der Waals surface area contributed by atoms with Crippen LogP contribution < -0.4 is 22.3 Å². The molecule has 11 heavy (non-hydrogen) atoms. The molecule has 1 aromatic heterocycles. The predicted octanol–water partition coefficient (Wildman–Crippen LogP) is -1.35. The maximum Gasteiger partial charge on any atom is 0.334 e. The molecule has 6 N–H and O–H groups in total. The van der Waals surface area contributed by atoms with E-state index in [-0.39, 0.29) is 11.6 Å². The van der Waals surface area contributed by atoms with Gasteiger partial charge in [-0.15, -0.1) is 0 Å². The topological polar surface area (TPSA) is 132 Å². The summed E-state index contributed by atoms with van der Waals surface area (Å²) >= 11 is 0. The van der Waals surface area contributed by atoms with Crippen molar-refractivity contribution in [2.75, 3.05) is 11.1 Å². The number of aromatic nitrogens is 2. The van der Waals surface area contributed by atoms with Crippen molar-refractivity contribution in [2.24, 2.45) is 5.84 Å². The smallest absolute Gasteiger partial charge is 0.334 e. The molecule has 0 atom stereocenters. The molecule has 0 unspecified atom stereocenters. The van der Waals surface area contributed by atoms with Crippen molar-refractivity contribution in [3.8, 4) is 0 Å². The standard InChI is InChI=1S/C3H6N6O2/c4-1-2(9-11-8-1)6-3(10)7-5/h5H2,(H2,4,8)(H2,6,7,9,10). The lowest BCUT2D eigenvalue weighted by molar-refractivity contribution is 0.252. The highest BCUT2D eigenvalue weighted by Crippen LogP contribution is 2.09. The Morgan fingerprint density at radius 3 is 2.73 bits per heavy atom. The maximum absolute atomic E-state index is 10.5. The van der Waals surface area contributed by atoms with E-state index in [0.29, 0.717) is 0 Å². The third-order valence-electron chi connectivity index (χ3n) is 0.877. The molecular formula is C3H6N6O2. The molecule has 0 aliphatic carbocycles. The highest BCUT2D eigenvalue weighted by Gasteiger charge is 2.07. The Labute approximate surface area is 60.8 Å². The normalized spacial score (nSPS) is 9.18. The zero-order chi connectivity index (χ0) is 8.27. The number of nitrogens with one attached hydrogen (secondary N) is 2. The van der Waals surface area contributed by atoms with Gasteiger partial charge in [-0.2, -0.15) is 0 Å². The van der Waals surface area contributed by atoms with Crippen LogP contribution in [-0.2, 0) is 0 Å². The number of nitrogen functional groups attached to an aromatic ring is 1. The van der Waals surface area contributed by atoms with Gasteiger partial charge in [-0.05, 0) is 10.3 Å². The number of amides is 2. The first-order chi connectivity index (χ1) is 5.24. The average molecular weight is 158 g/mol. The van der Waals surface area contributed by atoms with Gasteiger partial charge in [-0.25, -0.2) is 15.3 Å². The predicted molar refractivity (Wildman–Crippen MR) is 35.1 cm³/mol. The van der Waals surface area contributed by atoms with E-state index in [1.807, 2.05) is 5.43 Å². The van der Waals surface area contributed by atoms with Gasteiger partial charge >= 0.3 is 6.03 Å². The van der Waals surface area contributed by atoms with Gasteiger partial charge in [0.25, 0.3) is 0 Å². The monoisotopic (exact) mass is 158 g/mol. The minimum atomic E-state index is -0.646. The van der Waals surface area contributed by atoms with Crippen molar-refractivity contribution in [1.82, 2.24) is 15.7 Å². The van der Waals surface area contributed by atoms with E-state index in [1.54, 1.807) is 0 Å². The Hall–Kier alpha value is -1.83. The van der Waals surface area contributed by atoms with Crippen LogP contribution in [0.5, 0.6) is 0 Å². The number of urea groups is 1. The van der Waals surface area contributed by atoms with Gasteiger partial charge in [-0.3, -0.25) is 10.7 Å². The lowest BCUT2D eigenvalue weighted by atomic mass is 10.6. The summed E-state index contributed by atoms with van der Waals surface area (Å²) in [6.07, 6.45) is 0. The molecule has 0 spiro atoms. The van der Waals surface area contributed by atoms with Crippen LogP contribution in [0.1, 0.15) is 0 Å². The molecule has 0 fully saturated rings. The summed E-state index contributed by atoms with van der Waals surface area (Å²) in [7, 11) is 0. The molecule has 8 nitrogen and oxygen atoms in total. The lowest BCUT2D eigenvalue weighted by Crippen LogP contribution is -2.34. The Kier molecular flexibility index (Phi) is 1.88. The van der Waals surface area contributed by atoms with Crippen LogP contribution in [0.15, 0.2) is 4.63 Å². The van der Waals surface area contributed by atoms with Gasteiger partial charge in [0.15, 0.2) is 0 Å². The van der Waals surface area contributed by atoms with Crippen molar-refractivity contribution in [2.45, 2.75) is 0 Å². The van der Waals surface area contributed by atoms with Crippen molar-refractivity contribution in [1.29, 1.82) is 0 Å². The second-order valence-electron chi connectivity index (χ2n) is 1.60. The molecule has 60 valence electrons. The Bertz CT molecular complexity index is 256. The summed E-state index contributed by atoms with van der Waals surface area (Å²) in [5.74, 6) is 4.79. The number of nitrogens with two attached hydrogens (primary N) is 2. The third kappa shape index (κ3) is 1.55. The quantitative estimate of drug-likeness (QED) is 0.227. The molecular weight excluding hydrogens is 152 g/mol. The van der Waals surface area contributed by atoms with E-state index in [2.05, 4.69) is 20.3 Å². The minimum absolute atomic E-state index is 0.00593. The molecule has 0 aliphatic rings. The summed E-state index contributed by atoms with van der Waals surface area (Å²) < 4.78 is 4.18. The van der Waals surface area contributed by atoms with Crippen molar-refractivity contribution in [3.63, 3.8) is 0 Å². The van der Waals surface area contributed by atoms with Crippen molar-refractivity contribution in [3.05, 3.63) is 0 Å². The maximum atomic E-state index is 10.5. The van der Waals surface area contributed by atoms with Gasteiger partial charge < -0.3 is 5.73 Å². The van der Waals surface area contributed by atoms with Crippen molar-refractivity contribution < 1.29 is 9.42 Å². The minimum Gasteiger partial charge on any atom is -0.378 e. The average Bonchev–Trinajstić information content (AvgIpc) is 2.37. The number of hydrogen-bond donors (Lipinski definition) is 4. The first-order valence-electron chi connectivity index (χ1n) is 2.59. The second-order valence-corrected chi connectivity index (χ2v) is 1.60. The number of hydrazine groups is 1. The number of nitrogens with zero attached hydrogens (tertiary/aromatic N) is 2. The Morgan fingerprint density at radius 1 is 1.55 bits per heavy atom.